The minimum absolute atomic E-state index is 0.0491. The highest BCUT2D eigenvalue weighted by Crippen LogP contribution is 2.33. The lowest BCUT2D eigenvalue weighted by molar-refractivity contribution is -0.123. The molecule has 2 aromatic rings. The van der Waals surface area contributed by atoms with Gasteiger partial charge in [0.2, 0.25) is 5.91 Å². The van der Waals surface area contributed by atoms with Crippen LogP contribution in [0.25, 0.3) is 0 Å². The van der Waals surface area contributed by atoms with Crippen LogP contribution in [0.4, 0.5) is 5.69 Å². The molecule has 1 heterocycles. The van der Waals surface area contributed by atoms with Crippen LogP contribution in [-0.4, -0.2) is 47.3 Å². The van der Waals surface area contributed by atoms with Crippen molar-refractivity contribution in [1.82, 2.24) is 4.90 Å². The molecule has 7 heteroatoms. The zero-order valence-corrected chi connectivity index (χ0v) is 19.0. The number of hydrogen-bond acceptors (Lipinski definition) is 5. The van der Waals surface area contributed by atoms with Crippen molar-refractivity contribution in [2.45, 2.75) is 58.0 Å². The van der Waals surface area contributed by atoms with Crippen LogP contribution in [0.1, 0.15) is 65.3 Å². The van der Waals surface area contributed by atoms with E-state index in [0.29, 0.717) is 16.8 Å². The first-order chi connectivity index (χ1) is 15.9. The molecule has 1 unspecified atom stereocenters. The number of amides is 3. The molecule has 1 atom stereocenters. The molecule has 2 aliphatic rings. The molecule has 0 aromatic heterocycles. The van der Waals surface area contributed by atoms with E-state index in [1.807, 2.05) is 25.1 Å². The van der Waals surface area contributed by atoms with E-state index >= 15 is 0 Å². The lowest BCUT2D eigenvalue weighted by atomic mass is 10.0. The Bertz CT molecular complexity index is 1070. The Morgan fingerprint density at radius 2 is 1.73 bits per heavy atom. The van der Waals surface area contributed by atoms with Crippen LogP contribution in [0.3, 0.4) is 0 Å². The number of hydrogen-bond donors (Lipinski definition) is 0. The molecule has 2 fully saturated rings. The van der Waals surface area contributed by atoms with Gasteiger partial charge in [0, 0.05) is 11.6 Å². The van der Waals surface area contributed by atoms with Crippen LogP contribution in [0.15, 0.2) is 48.5 Å². The van der Waals surface area contributed by atoms with Gasteiger partial charge < -0.3 is 9.64 Å². The molecule has 0 radical (unpaired) electrons. The highest BCUT2D eigenvalue weighted by molar-refractivity contribution is 6.23. The Balaban J connectivity index is 1.62. The van der Waals surface area contributed by atoms with E-state index in [9.17, 15) is 19.2 Å². The number of imide groups is 1. The third-order valence-corrected chi connectivity index (χ3v) is 6.31. The Morgan fingerprint density at radius 1 is 1.03 bits per heavy atom. The highest BCUT2D eigenvalue weighted by atomic mass is 16.5. The van der Waals surface area contributed by atoms with Crippen LogP contribution in [0, 0.1) is 6.92 Å². The number of carbonyl (C=O) groups excluding carboxylic acids is 4. The average molecular weight is 449 g/mol. The molecule has 0 spiro atoms. The summed E-state index contributed by atoms with van der Waals surface area (Å²) < 4.78 is 4.99. The number of rotatable bonds is 6. The minimum atomic E-state index is -0.835. The number of anilines is 1. The molecule has 0 N–H and O–H groups in total. The van der Waals surface area contributed by atoms with Crippen LogP contribution in [0.5, 0.6) is 0 Å². The molecule has 2 aromatic carbocycles. The molecule has 7 nitrogen and oxygen atoms in total. The molecule has 4 rings (SSSR count). The lowest BCUT2D eigenvalue weighted by Crippen LogP contribution is -2.50. The normalized spacial score (nSPS) is 18.6. The van der Waals surface area contributed by atoms with Crippen molar-refractivity contribution >= 4 is 29.4 Å². The van der Waals surface area contributed by atoms with Crippen molar-refractivity contribution in [3.8, 4) is 0 Å². The topological polar surface area (TPSA) is 84.0 Å². The zero-order valence-electron chi connectivity index (χ0n) is 19.0. The van der Waals surface area contributed by atoms with E-state index in [-0.39, 0.29) is 30.9 Å². The zero-order chi connectivity index (χ0) is 23.5. The Morgan fingerprint density at radius 3 is 2.36 bits per heavy atom. The van der Waals surface area contributed by atoms with Crippen molar-refractivity contribution in [3.63, 3.8) is 0 Å². The third kappa shape index (κ3) is 4.53. The van der Waals surface area contributed by atoms with Gasteiger partial charge >= 0.3 is 5.97 Å². The molecule has 1 saturated heterocycles. The lowest BCUT2D eigenvalue weighted by Gasteiger charge is -2.33. The van der Waals surface area contributed by atoms with Crippen molar-refractivity contribution < 1.29 is 23.9 Å². The molecule has 3 amide bonds. The molecule has 172 valence electrons. The quantitative estimate of drug-likeness (QED) is 0.495. The summed E-state index contributed by atoms with van der Waals surface area (Å²) >= 11 is 0. The van der Waals surface area contributed by atoms with Crippen molar-refractivity contribution in [2.75, 3.05) is 11.5 Å². The van der Waals surface area contributed by atoms with Gasteiger partial charge in [-0.25, -0.2) is 9.69 Å². The van der Waals surface area contributed by atoms with Crippen molar-refractivity contribution in [2.24, 2.45) is 0 Å². The van der Waals surface area contributed by atoms with Crippen LogP contribution < -0.4 is 4.90 Å². The van der Waals surface area contributed by atoms with Gasteiger partial charge in [-0.1, -0.05) is 30.5 Å². The number of benzene rings is 2. The highest BCUT2D eigenvalue weighted by Gasteiger charge is 2.47. The summed E-state index contributed by atoms with van der Waals surface area (Å²) in [7, 11) is 0. The number of nitrogens with zero attached hydrogens (tertiary/aromatic N) is 2. The second-order valence-corrected chi connectivity index (χ2v) is 8.57. The first-order valence-electron chi connectivity index (χ1n) is 11.4. The van der Waals surface area contributed by atoms with Gasteiger partial charge in [-0.15, -0.1) is 0 Å². The molecule has 33 heavy (non-hydrogen) atoms. The van der Waals surface area contributed by atoms with Gasteiger partial charge in [0.05, 0.1) is 24.3 Å². The Labute approximate surface area is 193 Å². The smallest absolute Gasteiger partial charge is 0.338 e. The monoisotopic (exact) mass is 448 g/mol. The summed E-state index contributed by atoms with van der Waals surface area (Å²) in [4.78, 5) is 54.6. The fourth-order valence-corrected chi connectivity index (χ4v) is 4.74. The van der Waals surface area contributed by atoms with Gasteiger partial charge in [0.1, 0.15) is 6.04 Å². The number of carbonyl (C=O) groups is 4. The number of aryl methyl sites for hydroxylation is 1. The second kappa shape index (κ2) is 9.57. The van der Waals surface area contributed by atoms with Gasteiger partial charge in [0.25, 0.3) is 11.8 Å². The Hall–Kier alpha value is -3.48. The maximum Gasteiger partial charge on any atom is 0.338 e. The van der Waals surface area contributed by atoms with Gasteiger partial charge in [-0.3, -0.25) is 14.4 Å². The fourth-order valence-electron chi connectivity index (χ4n) is 4.74. The predicted octanol–water partition coefficient (Wildman–Crippen LogP) is 3.89. The largest absolute Gasteiger partial charge is 0.462 e. The predicted molar refractivity (Wildman–Crippen MR) is 123 cm³/mol. The van der Waals surface area contributed by atoms with Crippen LogP contribution in [0.2, 0.25) is 0 Å². The van der Waals surface area contributed by atoms with E-state index in [1.54, 1.807) is 30.0 Å². The van der Waals surface area contributed by atoms with Crippen LogP contribution >= 0.6 is 0 Å². The van der Waals surface area contributed by atoms with Gasteiger partial charge in [0.15, 0.2) is 0 Å². The molecule has 0 bridgehead atoms. The summed E-state index contributed by atoms with van der Waals surface area (Å²) in [6.07, 6.45) is 3.59. The molecule has 1 aliphatic carbocycles. The molecular formula is C26H28N2O5. The van der Waals surface area contributed by atoms with Crippen LogP contribution in [-0.2, 0) is 14.3 Å². The summed E-state index contributed by atoms with van der Waals surface area (Å²) in [5.41, 5.74) is 2.22. The van der Waals surface area contributed by atoms with Gasteiger partial charge in [-0.2, -0.15) is 0 Å². The molecule has 1 saturated carbocycles. The minimum Gasteiger partial charge on any atom is -0.462 e. The summed E-state index contributed by atoms with van der Waals surface area (Å²) in [5.74, 6) is -1.43. The summed E-state index contributed by atoms with van der Waals surface area (Å²) in [6, 6.07) is 12.6. The number of ether oxygens (including phenoxy) is 1. The van der Waals surface area contributed by atoms with E-state index in [2.05, 4.69) is 0 Å². The summed E-state index contributed by atoms with van der Waals surface area (Å²) in [5, 5.41) is 0. The van der Waals surface area contributed by atoms with E-state index < -0.39 is 17.9 Å². The first-order valence-corrected chi connectivity index (χ1v) is 11.4. The van der Waals surface area contributed by atoms with Gasteiger partial charge in [-0.05, 0) is 63.1 Å². The summed E-state index contributed by atoms with van der Waals surface area (Å²) in [6.45, 7) is 3.90. The first kappa shape index (κ1) is 22.7. The SMILES string of the molecule is CCOC(=O)c1ccc(N2C(=O)CC(N(C(=O)c3cccc(C)c3)C3CCCC3)C2=O)cc1. The molecule has 1 aliphatic heterocycles. The van der Waals surface area contributed by atoms with E-state index in [1.165, 1.54) is 12.1 Å². The molecular weight excluding hydrogens is 420 g/mol. The Kier molecular flexibility index (Phi) is 6.58. The van der Waals surface area contributed by atoms with E-state index in [0.717, 1.165) is 36.1 Å². The fraction of sp³-hybridized carbons (Fsp3) is 0.385. The van der Waals surface area contributed by atoms with E-state index in [4.69, 9.17) is 4.74 Å². The third-order valence-electron chi connectivity index (χ3n) is 6.31. The van der Waals surface area contributed by atoms with Crippen molar-refractivity contribution in [3.05, 3.63) is 65.2 Å². The number of esters is 1. The maximum absolute atomic E-state index is 13.5. The average Bonchev–Trinajstić information content (AvgIpc) is 3.43. The van der Waals surface area contributed by atoms with Crippen molar-refractivity contribution in [1.29, 1.82) is 0 Å². The standard InChI is InChI=1S/C26H28N2O5/c1-3-33-26(32)18-11-13-21(14-12-18)28-23(29)16-22(25(28)31)27(20-9-4-5-10-20)24(30)19-8-6-7-17(2)15-19/h6-8,11-15,20,22H,3-5,9-10,16H2,1-2H3. The second-order valence-electron chi connectivity index (χ2n) is 8.57. The maximum atomic E-state index is 13.5.